The van der Waals surface area contributed by atoms with Crippen molar-refractivity contribution in [2.24, 2.45) is 0 Å². The van der Waals surface area contributed by atoms with Crippen LogP contribution in [0.3, 0.4) is 0 Å². The quantitative estimate of drug-likeness (QED) is 0.343. The summed E-state index contributed by atoms with van der Waals surface area (Å²) in [5.74, 6) is -0.337. The van der Waals surface area contributed by atoms with Crippen molar-refractivity contribution >= 4 is 20.0 Å². The number of amides is 3. The van der Waals surface area contributed by atoms with E-state index in [2.05, 4.69) is 41.1 Å². The van der Waals surface area contributed by atoms with Crippen LogP contribution in [0, 0.1) is 5.82 Å². The fraction of sp³-hybridized carbons (Fsp3) is 0.630. The highest BCUT2D eigenvalue weighted by molar-refractivity contribution is 6.82. The Morgan fingerprint density at radius 1 is 1.24 bits per heavy atom. The van der Waals surface area contributed by atoms with E-state index in [4.69, 9.17) is 0 Å². The van der Waals surface area contributed by atoms with E-state index < -0.39 is 37.2 Å². The van der Waals surface area contributed by atoms with Gasteiger partial charge in [-0.2, -0.15) is 0 Å². The van der Waals surface area contributed by atoms with Gasteiger partial charge in [0.25, 0.3) is 0 Å². The van der Waals surface area contributed by atoms with Crippen LogP contribution in [0.15, 0.2) is 35.5 Å². The Morgan fingerprint density at radius 3 is 2.43 bits per heavy atom. The van der Waals surface area contributed by atoms with Gasteiger partial charge in [0, 0.05) is 29.1 Å². The molecular formula is C27H42FN5O3Si. The van der Waals surface area contributed by atoms with Gasteiger partial charge < -0.3 is 26.1 Å². The van der Waals surface area contributed by atoms with Crippen molar-refractivity contribution in [2.75, 3.05) is 6.54 Å². The van der Waals surface area contributed by atoms with E-state index in [1.54, 1.807) is 36.9 Å². The zero-order chi connectivity index (χ0) is 27.4. The van der Waals surface area contributed by atoms with E-state index >= 15 is 0 Å². The standard InChI is InChI=1S/C27H42FN5O3Si/c1-25(2,36)15-20(17-11-8-9-12-19(17)28)29-24(35)33-16-18-21(26(33,3)4)31-32-22(18)30-23(34)27(13-10-14-27)37(5,6)7/h8-9,11-12,20,22,31-32,36H,10,13-16H2,1-7H3,(H,29,35)(H,30,34)/t20-,22?/m1/s1. The molecule has 2 heterocycles. The fourth-order valence-electron chi connectivity index (χ4n) is 5.96. The van der Waals surface area contributed by atoms with Crippen molar-refractivity contribution in [1.29, 1.82) is 0 Å². The average molecular weight is 532 g/mol. The molecule has 4 rings (SSSR count). The molecule has 2 aliphatic heterocycles. The molecule has 1 fully saturated rings. The molecule has 0 bridgehead atoms. The molecule has 1 unspecified atom stereocenters. The third kappa shape index (κ3) is 5.03. The molecular weight excluding hydrogens is 489 g/mol. The van der Waals surface area contributed by atoms with Crippen molar-refractivity contribution in [3.05, 3.63) is 46.9 Å². The first-order valence-electron chi connectivity index (χ1n) is 13.2. The number of hydrazine groups is 1. The zero-order valence-corrected chi connectivity index (χ0v) is 24.1. The lowest BCUT2D eigenvalue weighted by molar-refractivity contribution is -0.127. The lowest BCUT2D eigenvalue weighted by Gasteiger charge is -2.49. The third-order valence-electron chi connectivity index (χ3n) is 8.51. The summed E-state index contributed by atoms with van der Waals surface area (Å²) in [6, 6.07) is 5.23. The molecule has 1 aromatic rings. The molecule has 1 aliphatic carbocycles. The molecule has 5 N–H and O–H groups in total. The first kappa shape index (κ1) is 27.6. The van der Waals surface area contributed by atoms with Crippen LogP contribution in [-0.2, 0) is 4.79 Å². The van der Waals surface area contributed by atoms with Crippen molar-refractivity contribution in [3.8, 4) is 0 Å². The molecule has 0 saturated heterocycles. The molecule has 3 amide bonds. The Labute approximate surface area is 220 Å². The minimum atomic E-state index is -1.73. The van der Waals surface area contributed by atoms with Gasteiger partial charge in [0.05, 0.1) is 31.0 Å². The van der Waals surface area contributed by atoms with Crippen LogP contribution in [0.5, 0.6) is 0 Å². The van der Waals surface area contributed by atoms with Gasteiger partial charge in [0.2, 0.25) is 5.91 Å². The summed E-state index contributed by atoms with van der Waals surface area (Å²) in [5.41, 5.74) is 6.72. The Hall–Kier alpha value is -2.43. The van der Waals surface area contributed by atoms with Gasteiger partial charge in [-0.15, -0.1) is 0 Å². The fourth-order valence-corrected chi connectivity index (χ4v) is 8.57. The van der Waals surface area contributed by atoms with Gasteiger partial charge in [0.15, 0.2) is 0 Å². The topological polar surface area (TPSA) is 106 Å². The van der Waals surface area contributed by atoms with Gasteiger partial charge in [-0.25, -0.2) is 14.6 Å². The Kier molecular flexibility index (Phi) is 7.01. The van der Waals surface area contributed by atoms with Gasteiger partial charge in [-0.05, 0) is 46.6 Å². The minimum Gasteiger partial charge on any atom is -0.390 e. The molecule has 0 radical (unpaired) electrons. The monoisotopic (exact) mass is 531 g/mol. The van der Waals surface area contributed by atoms with Gasteiger partial charge in [0.1, 0.15) is 12.0 Å². The second-order valence-electron chi connectivity index (χ2n) is 12.9. The van der Waals surface area contributed by atoms with E-state index in [1.807, 2.05) is 13.8 Å². The van der Waals surface area contributed by atoms with Crippen LogP contribution >= 0.6 is 0 Å². The molecule has 204 valence electrons. The normalized spacial score (nSPS) is 23.2. The minimum absolute atomic E-state index is 0.0940. The lowest BCUT2D eigenvalue weighted by Crippen LogP contribution is -2.60. The van der Waals surface area contributed by atoms with Crippen molar-refractivity contribution in [1.82, 2.24) is 26.4 Å². The molecule has 0 aromatic heterocycles. The summed E-state index contributed by atoms with van der Waals surface area (Å²) >= 11 is 0. The number of carbonyl (C=O) groups excluding carboxylic acids is 2. The molecule has 1 saturated carbocycles. The number of hydrogen-bond acceptors (Lipinski definition) is 5. The number of hydrogen-bond donors (Lipinski definition) is 5. The summed E-state index contributed by atoms with van der Waals surface area (Å²) in [4.78, 5) is 28.8. The molecule has 10 heteroatoms. The maximum Gasteiger partial charge on any atom is 0.318 e. The van der Waals surface area contributed by atoms with Crippen LogP contribution in [0.4, 0.5) is 9.18 Å². The van der Waals surface area contributed by atoms with Gasteiger partial charge in [-0.3, -0.25) is 4.79 Å². The Balaban J connectivity index is 1.51. The smallest absolute Gasteiger partial charge is 0.318 e. The first-order chi connectivity index (χ1) is 17.1. The number of rotatable bonds is 7. The molecule has 37 heavy (non-hydrogen) atoms. The number of benzene rings is 1. The predicted octanol–water partition coefficient (Wildman–Crippen LogP) is 3.90. The largest absolute Gasteiger partial charge is 0.390 e. The summed E-state index contributed by atoms with van der Waals surface area (Å²) in [5, 5.41) is 16.4. The highest BCUT2D eigenvalue weighted by Crippen LogP contribution is 2.55. The number of urea groups is 1. The number of nitrogens with one attached hydrogen (secondary N) is 4. The Bertz CT molecular complexity index is 1100. The highest BCUT2D eigenvalue weighted by atomic mass is 28.3. The molecule has 3 aliphatic rings. The van der Waals surface area contributed by atoms with Crippen LogP contribution in [0.1, 0.15) is 65.0 Å². The predicted molar refractivity (Wildman–Crippen MR) is 144 cm³/mol. The van der Waals surface area contributed by atoms with E-state index in [1.165, 1.54) is 6.07 Å². The summed E-state index contributed by atoms with van der Waals surface area (Å²) in [6.45, 7) is 14.2. The maximum atomic E-state index is 14.7. The van der Waals surface area contributed by atoms with Crippen LogP contribution in [-0.4, -0.2) is 53.9 Å². The molecule has 8 nitrogen and oxygen atoms in total. The summed E-state index contributed by atoms with van der Waals surface area (Å²) in [6.07, 6.45) is 2.68. The average Bonchev–Trinajstić information content (AvgIpc) is 3.23. The zero-order valence-electron chi connectivity index (χ0n) is 23.1. The summed E-state index contributed by atoms with van der Waals surface area (Å²) in [7, 11) is -1.73. The molecule has 0 spiro atoms. The molecule has 2 atom stereocenters. The first-order valence-corrected chi connectivity index (χ1v) is 16.7. The van der Waals surface area contributed by atoms with Gasteiger partial charge in [-0.1, -0.05) is 44.3 Å². The van der Waals surface area contributed by atoms with E-state index in [-0.39, 0.29) is 23.4 Å². The number of nitrogens with zero attached hydrogens (tertiary/aromatic N) is 1. The van der Waals surface area contributed by atoms with E-state index in [9.17, 15) is 19.1 Å². The van der Waals surface area contributed by atoms with Crippen molar-refractivity contribution in [2.45, 2.75) is 101 Å². The van der Waals surface area contributed by atoms with Crippen molar-refractivity contribution < 1.29 is 19.1 Å². The van der Waals surface area contributed by atoms with E-state index in [0.29, 0.717) is 12.1 Å². The maximum absolute atomic E-state index is 14.7. The Morgan fingerprint density at radius 2 is 1.89 bits per heavy atom. The van der Waals surface area contributed by atoms with Crippen LogP contribution in [0.25, 0.3) is 0 Å². The number of halogens is 1. The van der Waals surface area contributed by atoms with E-state index in [0.717, 1.165) is 30.5 Å². The number of carbonyl (C=O) groups is 2. The molecule has 1 aromatic carbocycles. The second kappa shape index (κ2) is 9.39. The lowest BCUT2D eigenvalue weighted by atomic mass is 9.83. The third-order valence-corrected chi connectivity index (χ3v) is 12.1. The van der Waals surface area contributed by atoms with Crippen LogP contribution in [0.2, 0.25) is 24.7 Å². The van der Waals surface area contributed by atoms with Gasteiger partial charge >= 0.3 is 6.03 Å². The number of aliphatic hydroxyl groups is 1. The van der Waals surface area contributed by atoms with Crippen LogP contribution < -0.4 is 21.5 Å². The second-order valence-corrected chi connectivity index (χ2v) is 18.4. The SMILES string of the molecule is CC(C)(O)C[C@@H](NC(=O)N1CC2=C(NNC2NC(=O)C2([Si](C)(C)C)CCC2)C1(C)C)c1ccccc1F. The summed E-state index contributed by atoms with van der Waals surface area (Å²) < 4.78 is 14.7. The highest BCUT2D eigenvalue weighted by Gasteiger charge is 2.55. The van der Waals surface area contributed by atoms with Crippen molar-refractivity contribution in [3.63, 3.8) is 0 Å².